The molecule has 1 saturated heterocycles. The second kappa shape index (κ2) is 6.85. The zero-order valence-corrected chi connectivity index (χ0v) is 17.1. The molecule has 0 saturated carbocycles. The first-order valence-electron chi connectivity index (χ1n) is 9.52. The van der Waals surface area contributed by atoms with E-state index < -0.39 is 23.0 Å². The number of hydrogen-bond donors (Lipinski definition) is 2. The molecule has 31 heavy (non-hydrogen) atoms. The number of urea groups is 1. The van der Waals surface area contributed by atoms with Crippen molar-refractivity contribution < 1.29 is 14.0 Å². The fourth-order valence-corrected chi connectivity index (χ4v) is 4.11. The van der Waals surface area contributed by atoms with Gasteiger partial charge in [0.1, 0.15) is 11.4 Å². The lowest BCUT2D eigenvalue weighted by Gasteiger charge is -2.21. The molecule has 1 aliphatic rings. The van der Waals surface area contributed by atoms with Crippen LogP contribution in [0.3, 0.4) is 0 Å². The third-order valence-corrected chi connectivity index (χ3v) is 5.68. The van der Waals surface area contributed by atoms with Crippen molar-refractivity contribution >= 4 is 40.1 Å². The van der Waals surface area contributed by atoms with Crippen molar-refractivity contribution in [1.82, 2.24) is 10.3 Å². The van der Waals surface area contributed by atoms with Crippen LogP contribution < -0.4 is 15.8 Å². The van der Waals surface area contributed by atoms with Crippen molar-refractivity contribution in [3.05, 3.63) is 88.1 Å². The van der Waals surface area contributed by atoms with Gasteiger partial charge >= 0.3 is 6.03 Å². The summed E-state index contributed by atoms with van der Waals surface area (Å²) in [5, 5.41) is 3.73. The molecule has 0 radical (unpaired) electrons. The van der Waals surface area contributed by atoms with Crippen LogP contribution in [0.15, 0.2) is 76.1 Å². The molecule has 8 heteroatoms. The summed E-state index contributed by atoms with van der Waals surface area (Å²) in [7, 11) is 0. The van der Waals surface area contributed by atoms with Crippen LogP contribution in [-0.2, 0) is 10.3 Å². The number of rotatable bonds is 3. The number of aromatic nitrogens is 1. The summed E-state index contributed by atoms with van der Waals surface area (Å²) >= 11 is 6.24. The van der Waals surface area contributed by atoms with E-state index in [4.69, 9.17) is 16.0 Å². The molecule has 0 spiro atoms. The van der Waals surface area contributed by atoms with Gasteiger partial charge in [-0.05, 0) is 42.8 Å². The molecule has 4 aromatic rings. The van der Waals surface area contributed by atoms with Crippen LogP contribution in [0.5, 0.6) is 0 Å². The van der Waals surface area contributed by atoms with Gasteiger partial charge in [0.05, 0.1) is 6.26 Å². The average Bonchev–Trinajstić information content (AvgIpc) is 3.37. The Morgan fingerprint density at radius 1 is 1.00 bits per heavy atom. The van der Waals surface area contributed by atoms with Gasteiger partial charge in [-0.25, -0.2) is 9.69 Å². The third-order valence-electron chi connectivity index (χ3n) is 5.44. The minimum absolute atomic E-state index is 0.0706. The van der Waals surface area contributed by atoms with Gasteiger partial charge in [-0.2, -0.15) is 0 Å². The fraction of sp³-hybridized carbons (Fsp3) is 0.0870. The fourth-order valence-electron chi connectivity index (χ4n) is 3.94. The molecule has 0 aliphatic carbocycles. The summed E-state index contributed by atoms with van der Waals surface area (Å²) in [6.07, 6.45) is 1.42. The lowest BCUT2D eigenvalue weighted by molar-refractivity contribution is -0.122. The van der Waals surface area contributed by atoms with E-state index in [1.54, 1.807) is 37.3 Å². The largest absolute Gasteiger partial charge is 0.466 e. The highest BCUT2D eigenvalue weighted by atomic mass is 35.5. The summed E-state index contributed by atoms with van der Waals surface area (Å²) in [5.74, 6) is -0.341. The molecule has 1 fully saturated rings. The number of carbonyl (C=O) groups excluding carboxylic acids is 2. The molecule has 2 aromatic carbocycles. The minimum Gasteiger partial charge on any atom is -0.466 e. The number of hydrogen-bond acceptors (Lipinski definition) is 4. The number of anilines is 1. The lowest BCUT2D eigenvalue weighted by atomic mass is 9.96. The second-order valence-electron chi connectivity index (χ2n) is 7.41. The average molecular weight is 434 g/mol. The van der Waals surface area contributed by atoms with E-state index >= 15 is 0 Å². The first-order chi connectivity index (χ1) is 14.9. The molecule has 7 nitrogen and oxygen atoms in total. The molecule has 2 aromatic heterocycles. The molecule has 5 rings (SSSR count). The van der Waals surface area contributed by atoms with Crippen LogP contribution >= 0.6 is 11.6 Å². The summed E-state index contributed by atoms with van der Waals surface area (Å²) < 4.78 is 5.39. The zero-order valence-electron chi connectivity index (χ0n) is 16.3. The Morgan fingerprint density at radius 2 is 1.77 bits per heavy atom. The Hall–Kier alpha value is -3.84. The highest BCUT2D eigenvalue weighted by Crippen LogP contribution is 2.39. The Morgan fingerprint density at radius 3 is 2.48 bits per heavy atom. The van der Waals surface area contributed by atoms with Crippen LogP contribution in [0.1, 0.15) is 12.7 Å². The number of halogens is 1. The van der Waals surface area contributed by atoms with E-state index in [0.29, 0.717) is 27.1 Å². The molecule has 3 heterocycles. The van der Waals surface area contributed by atoms with Gasteiger partial charge in [0.15, 0.2) is 5.54 Å². The number of benzene rings is 2. The quantitative estimate of drug-likeness (QED) is 0.468. The van der Waals surface area contributed by atoms with Crippen molar-refractivity contribution in [1.29, 1.82) is 0 Å². The normalized spacial score (nSPS) is 18.6. The molecule has 154 valence electrons. The van der Waals surface area contributed by atoms with Crippen molar-refractivity contribution in [3.63, 3.8) is 0 Å². The zero-order chi connectivity index (χ0) is 21.8. The predicted octanol–water partition coefficient (Wildman–Crippen LogP) is 4.41. The van der Waals surface area contributed by atoms with E-state index in [9.17, 15) is 14.4 Å². The standard InChI is InChI=1S/C23H16ClN3O4/c1-23(17-8-5-11-31-17)21(29)27(22(30)26-23)19-18(13-6-3-2-4-7-13)15-12-14(24)9-10-16(15)25-20(19)28/h2-12H,1H3,(H,25,28)(H,26,30)/t23-/m1/s1. The molecular formula is C23H16ClN3O4. The van der Waals surface area contributed by atoms with Crippen LogP contribution in [-0.4, -0.2) is 16.9 Å². The number of furan rings is 1. The number of nitrogens with zero attached hydrogens (tertiary/aromatic N) is 1. The van der Waals surface area contributed by atoms with E-state index in [2.05, 4.69) is 10.3 Å². The van der Waals surface area contributed by atoms with Crippen molar-refractivity contribution in [2.24, 2.45) is 0 Å². The number of amides is 3. The molecule has 0 bridgehead atoms. The molecule has 1 aliphatic heterocycles. The van der Waals surface area contributed by atoms with E-state index in [0.717, 1.165) is 4.90 Å². The van der Waals surface area contributed by atoms with Gasteiger partial charge in [0.2, 0.25) is 0 Å². The second-order valence-corrected chi connectivity index (χ2v) is 7.84. The van der Waals surface area contributed by atoms with Gasteiger partial charge in [-0.15, -0.1) is 0 Å². The van der Waals surface area contributed by atoms with Crippen molar-refractivity contribution in [2.75, 3.05) is 4.90 Å². The van der Waals surface area contributed by atoms with Crippen LogP contribution in [0.25, 0.3) is 22.0 Å². The monoisotopic (exact) mass is 433 g/mol. The topological polar surface area (TPSA) is 95.4 Å². The number of imide groups is 1. The van der Waals surface area contributed by atoms with Crippen LogP contribution in [0.2, 0.25) is 5.02 Å². The summed E-state index contributed by atoms with van der Waals surface area (Å²) in [5.41, 5.74) is -0.431. The number of aromatic amines is 1. The van der Waals surface area contributed by atoms with Gasteiger partial charge in [-0.3, -0.25) is 9.59 Å². The highest BCUT2D eigenvalue weighted by Gasteiger charge is 2.53. The Balaban J connectivity index is 1.81. The maximum absolute atomic E-state index is 13.5. The summed E-state index contributed by atoms with van der Waals surface area (Å²) in [4.78, 5) is 43.3. The van der Waals surface area contributed by atoms with Gasteiger partial charge < -0.3 is 14.7 Å². The number of pyridine rings is 1. The Kier molecular flexibility index (Phi) is 4.23. The predicted molar refractivity (Wildman–Crippen MR) is 117 cm³/mol. The molecule has 2 N–H and O–H groups in total. The van der Waals surface area contributed by atoms with Gasteiger partial charge in [-0.1, -0.05) is 41.9 Å². The van der Waals surface area contributed by atoms with Gasteiger partial charge in [0, 0.05) is 21.5 Å². The van der Waals surface area contributed by atoms with E-state index in [1.165, 1.54) is 6.26 Å². The Labute approximate surface area is 181 Å². The number of H-pyrrole nitrogens is 1. The smallest absolute Gasteiger partial charge is 0.330 e. The van der Waals surface area contributed by atoms with Gasteiger partial charge in [0.25, 0.3) is 11.5 Å². The number of nitrogens with one attached hydrogen (secondary N) is 2. The van der Waals surface area contributed by atoms with E-state index in [1.807, 2.05) is 30.3 Å². The molecule has 3 amide bonds. The maximum atomic E-state index is 13.5. The maximum Gasteiger partial charge on any atom is 0.330 e. The van der Waals surface area contributed by atoms with E-state index in [-0.39, 0.29) is 11.4 Å². The molecule has 0 unspecified atom stereocenters. The Bertz CT molecular complexity index is 1400. The third kappa shape index (κ3) is 2.85. The summed E-state index contributed by atoms with van der Waals surface area (Å²) in [6, 6.07) is 16.7. The SMILES string of the molecule is C[C@]1(c2ccco2)NC(=O)N(c2c(-c3ccccc3)c3cc(Cl)ccc3[nH]c2=O)C1=O. The molecular weight excluding hydrogens is 418 g/mol. The number of fused-ring (bicyclic) bond motifs is 1. The lowest BCUT2D eigenvalue weighted by Crippen LogP contribution is -2.41. The summed E-state index contributed by atoms with van der Waals surface area (Å²) in [6.45, 7) is 1.54. The van der Waals surface area contributed by atoms with Crippen molar-refractivity contribution in [3.8, 4) is 11.1 Å². The van der Waals surface area contributed by atoms with Crippen molar-refractivity contribution in [2.45, 2.75) is 12.5 Å². The van der Waals surface area contributed by atoms with Crippen LogP contribution in [0.4, 0.5) is 10.5 Å². The number of carbonyl (C=O) groups is 2. The first kappa shape index (κ1) is 19.1. The first-order valence-corrected chi connectivity index (χ1v) is 9.89. The highest BCUT2D eigenvalue weighted by molar-refractivity contribution is 6.32. The molecule has 1 atom stereocenters. The minimum atomic E-state index is -1.44. The van der Waals surface area contributed by atoms with Crippen LogP contribution in [0, 0.1) is 0 Å².